The Kier molecular flexibility index (Phi) is 4.49. The van der Waals surface area contributed by atoms with E-state index < -0.39 is 23.2 Å². The predicted molar refractivity (Wildman–Crippen MR) is 73.5 cm³/mol. The quantitative estimate of drug-likeness (QED) is 0.571. The molecule has 8 heteroatoms. The maximum atomic E-state index is 13.5. The summed E-state index contributed by atoms with van der Waals surface area (Å²) in [5, 5.41) is 6.62. The second kappa shape index (κ2) is 6.31. The third-order valence-electron chi connectivity index (χ3n) is 2.84. The summed E-state index contributed by atoms with van der Waals surface area (Å²) in [4.78, 5) is 11.8. The molecule has 0 atom stereocenters. The van der Waals surface area contributed by atoms with E-state index in [4.69, 9.17) is 5.84 Å². The Balaban J connectivity index is 1.97. The van der Waals surface area contributed by atoms with E-state index in [1.54, 1.807) is 10.9 Å². The fourth-order valence-electron chi connectivity index (χ4n) is 1.82. The Labute approximate surface area is 119 Å². The van der Waals surface area contributed by atoms with E-state index in [0.717, 1.165) is 17.7 Å². The van der Waals surface area contributed by atoms with Gasteiger partial charge in [0, 0.05) is 18.3 Å². The summed E-state index contributed by atoms with van der Waals surface area (Å²) in [6.45, 7) is 2.66. The SMILES string of the molecule is Cc1cnn(CCNC(=O)c2cc(F)c(NN)c(F)c2)c1. The van der Waals surface area contributed by atoms with E-state index >= 15 is 0 Å². The van der Waals surface area contributed by atoms with Gasteiger partial charge < -0.3 is 10.7 Å². The number of nitrogen functional groups attached to an aromatic ring is 1. The molecule has 112 valence electrons. The van der Waals surface area contributed by atoms with Gasteiger partial charge in [-0.05, 0) is 24.6 Å². The van der Waals surface area contributed by atoms with Crippen molar-refractivity contribution in [1.29, 1.82) is 0 Å². The minimum absolute atomic E-state index is 0.111. The standard InChI is InChI=1S/C13H15F2N5O/c1-8-6-18-20(7-8)3-2-17-13(21)9-4-10(14)12(19-16)11(15)5-9/h4-7,19H,2-3,16H2,1H3,(H,17,21). The molecule has 21 heavy (non-hydrogen) atoms. The smallest absolute Gasteiger partial charge is 0.251 e. The number of carbonyl (C=O) groups is 1. The molecule has 2 aromatic rings. The molecule has 1 amide bonds. The molecule has 0 aliphatic carbocycles. The van der Waals surface area contributed by atoms with Crippen LogP contribution in [0.15, 0.2) is 24.5 Å². The average Bonchev–Trinajstić information content (AvgIpc) is 2.84. The Bertz CT molecular complexity index is 633. The third-order valence-corrected chi connectivity index (χ3v) is 2.84. The normalized spacial score (nSPS) is 10.5. The molecule has 6 nitrogen and oxygen atoms in total. The first-order chi connectivity index (χ1) is 10.0. The second-order valence-corrected chi connectivity index (χ2v) is 4.50. The lowest BCUT2D eigenvalue weighted by Gasteiger charge is -2.08. The summed E-state index contributed by atoms with van der Waals surface area (Å²) in [5.74, 6) is 2.56. The second-order valence-electron chi connectivity index (χ2n) is 4.50. The predicted octanol–water partition coefficient (Wildman–Crippen LogP) is 1.19. The highest BCUT2D eigenvalue weighted by Gasteiger charge is 2.14. The number of hydrazine groups is 1. The molecule has 1 aromatic heterocycles. The van der Waals surface area contributed by atoms with Crippen LogP contribution in [-0.4, -0.2) is 22.2 Å². The topological polar surface area (TPSA) is 85.0 Å². The number of nitrogens with one attached hydrogen (secondary N) is 2. The molecule has 4 N–H and O–H groups in total. The Morgan fingerprint density at radius 2 is 2.05 bits per heavy atom. The lowest BCUT2D eigenvalue weighted by molar-refractivity contribution is 0.0951. The van der Waals surface area contributed by atoms with Crippen LogP contribution < -0.4 is 16.6 Å². The molecule has 0 unspecified atom stereocenters. The highest BCUT2D eigenvalue weighted by atomic mass is 19.1. The number of amides is 1. The minimum Gasteiger partial charge on any atom is -0.350 e. The van der Waals surface area contributed by atoms with E-state index in [9.17, 15) is 13.6 Å². The Morgan fingerprint density at radius 1 is 1.38 bits per heavy atom. The van der Waals surface area contributed by atoms with Gasteiger partial charge in [0.25, 0.3) is 5.91 Å². The fourth-order valence-corrected chi connectivity index (χ4v) is 1.82. The van der Waals surface area contributed by atoms with Gasteiger partial charge in [0.05, 0.1) is 12.7 Å². The van der Waals surface area contributed by atoms with Crippen molar-refractivity contribution in [2.45, 2.75) is 13.5 Å². The number of anilines is 1. The molecule has 0 saturated heterocycles. The minimum atomic E-state index is -0.926. The van der Waals surface area contributed by atoms with E-state index in [2.05, 4.69) is 10.4 Å². The van der Waals surface area contributed by atoms with Crippen LogP contribution in [0.5, 0.6) is 0 Å². The summed E-state index contributed by atoms with van der Waals surface area (Å²) < 4.78 is 28.6. The fraction of sp³-hybridized carbons (Fsp3) is 0.231. The monoisotopic (exact) mass is 295 g/mol. The van der Waals surface area contributed by atoms with Gasteiger partial charge in [-0.3, -0.25) is 15.3 Å². The van der Waals surface area contributed by atoms with Gasteiger partial charge in [-0.2, -0.15) is 5.10 Å². The van der Waals surface area contributed by atoms with Gasteiger partial charge in [0.2, 0.25) is 0 Å². The van der Waals surface area contributed by atoms with Crippen molar-refractivity contribution in [3.8, 4) is 0 Å². The van der Waals surface area contributed by atoms with E-state index in [-0.39, 0.29) is 5.56 Å². The third kappa shape index (κ3) is 3.54. The zero-order valence-corrected chi connectivity index (χ0v) is 11.4. The zero-order chi connectivity index (χ0) is 15.4. The maximum Gasteiger partial charge on any atom is 0.251 e. The molecule has 0 aliphatic heterocycles. The number of aromatic nitrogens is 2. The summed E-state index contributed by atoms with van der Waals surface area (Å²) in [6, 6.07) is 1.84. The summed E-state index contributed by atoms with van der Waals surface area (Å²) >= 11 is 0. The molecule has 2 rings (SSSR count). The zero-order valence-electron chi connectivity index (χ0n) is 11.4. The van der Waals surface area contributed by atoms with Crippen molar-refractivity contribution in [3.63, 3.8) is 0 Å². The molecule has 0 aliphatic rings. The highest BCUT2D eigenvalue weighted by molar-refractivity contribution is 5.94. The Morgan fingerprint density at radius 3 is 2.57 bits per heavy atom. The van der Waals surface area contributed by atoms with Crippen LogP contribution >= 0.6 is 0 Å². The first-order valence-electron chi connectivity index (χ1n) is 6.24. The number of nitrogens with zero attached hydrogens (tertiary/aromatic N) is 2. The van der Waals surface area contributed by atoms with Crippen molar-refractivity contribution in [2.75, 3.05) is 12.0 Å². The van der Waals surface area contributed by atoms with Crippen LogP contribution in [0, 0.1) is 18.6 Å². The number of halogens is 2. The van der Waals surface area contributed by atoms with E-state index in [1.807, 2.05) is 18.5 Å². The lowest BCUT2D eigenvalue weighted by Crippen LogP contribution is -2.27. The molecule has 0 radical (unpaired) electrons. The van der Waals surface area contributed by atoms with Crippen molar-refractivity contribution < 1.29 is 13.6 Å². The Hall–Kier alpha value is -2.48. The van der Waals surface area contributed by atoms with Crippen molar-refractivity contribution in [3.05, 3.63) is 47.3 Å². The first kappa shape index (κ1) is 14.9. The van der Waals surface area contributed by atoms with Gasteiger partial charge in [0.15, 0.2) is 11.6 Å². The van der Waals surface area contributed by atoms with Gasteiger partial charge in [-0.15, -0.1) is 0 Å². The molecular weight excluding hydrogens is 280 g/mol. The molecule has 1 heterocycles. The number of rotatable bonds is 5. The van der Waals surface area contributed by atoms with E-state index in [0.29, 0.717) is 13.1 Å². The molecule has 0 saturated carbocycles. The molecule has 0 spiro atoms. The van der Waals surface area contributed by atoms with Crippen molar-refractivity contribution >= 4 is 11.6 Å². The van der Waals surface area contributed by atoms with Gasteiger partial charge >= 0.3 is 0 Å². The van der Waals surface area contributed by atoms with Crippen LogP contribution in [0.25, 0.3) is 0 Å². The van der Waals surface area contributed by atoms with Crippen molar-refractivity contribution in [1.82, 2.24) is 15.1 Å². The maximum absolute atomic E-state index is 13.5. The summed E-state index contributed by atoms with van der Waals surface area (Å²) in [7, 11) is 0. The highest BCUT2D eigenvalue weighted by Crippen LogP contribution is 2.19. The van der Waals surface area contributed by atoms with Crippen LogP contribution in [-0.2, 0) is 6.54 Å². The lowest BCUT2D eigenvalue weighted by atomic mass is 10.1. The van der Waals surface area contributed by atoms with Crippen LogP contribution in [0.3, 0.4) is 0 Å². The van der Waals surface area contributed by atoms with Crippen LogP contribution in [0.1, 0.15) is 15.9 Å². The number of nitrogens with two attached hydrogens (primary N) is 1. The largest absolute Gasteiger partial charge is 0.350 e. The molecule has 1 aromatic carbocycles. The van der Waals surface area contributed by atoms with Crippen LogP contribution in [0.4, 0.5) is 14.5 Å². The summed E-state index contributed by atoms with van der Waals surface area (Å²) in [5.41, 5.74) is 2.33. The van der Waals surface area contributed by atoms with Gasteiger partial charge in [0.1, 0.15) is 5.69 Å². The molecule has 0 fully saturated rings. The molecule has 0 bridgehead atoms. The van der Waals surface area contributed by atoms with Crippen LogP contribution in [0.2, 0.25) is 0 Å². The number of carbonyl (C=O) groups excluding carboxylic acids is 1. The number of hydrogen-bond acceptors (Lipinski definition) is 4. The van der Waals surface area contributed by atoms with Gasteiger partial charge in [-0.1, -0.05) is 0 Å². The number of hydrogen-bond donors (Lipinski definition) is 3. The molecular formula is C13H15F2N5O. The average molecular weight is 295 g/mol. The van der Waals surface area contributed by atoms with Crippen molar-refractivity contribution in [2.24, 2.45) is 5.84 Å². The first-order valence-corrected chi connectivity index (χ1v) is 6.24. The van der Waals surface area contributed by atoms with Gasteiger partial charge in [-0.25, -0.2) is 8.78 Å². The summed E-state index contributed by atoms with van der Waals surface area (Å²) in [6.07, 6.45) is 3.53. The number of benzene rings is 1. The van der Waals surface area contributed by atoms with E-state index in [1.165, 1.54) is 0 Å². The number of aryl methyl sites for hydroxylation is 1.